The molecule has 176 valence electrons. The summed E-state index contributed by atoms with van der Waals surface area (Å²) in [5.41, 5.74) is 2.28. The van der Waals surface area contributed by atoms with Gasteiger partial charge in [0.15, 0.2) is 0 Å². The fourth-order valence-electron chi connectivity index (χ4n) is 3.84. The lowest BCUT2D eigenvalue weighted by Crippen LogP contribution is -2.54. The van der Waals surface area contributed by atoms with Gasteiger partial charge in [-0.05, 0) is 55.8 Å². The summed E-state index contributed by atoms with van der Waals surface area (Å²) >= 11 is 0. The van der Waals surface area contributed by atoms with Crippen molar-refractivity contribution < 1.29 is 19.1 Å². The molecule has 1 heterocycles. The SMILES string of the molecule is CCOc1cccc(C(=O)Nc2ccc(N3CCN(C(=O)C(CC)NC(C)=O)CC3)cc2)c1. The van der Waals surface area contributed by atoms with Crippen LogP contribution in [0, 0.1) is 0 Å². The maximum absolute atomic E-state index is 12.7. The number of rotatable bonds is 8. The second-order valence-corrected chi connectivity index (χ2v) is 7.94. The van der Waals surface area contributed by atoms with Crippen LogP contribution in [0.4, 0.5) is 11.4 Å². The number of anilines is 2. The summed E-state index contributed by atoms with van der Waals surface area (Å²) in [6, 6.07) is 14.3. The third-order valence-corrected chi connectivity index (χ3v) is 5.57. The predicted octanol–water partition coefficient (Wildman–Crippen LogP) is 2.90. The average Bonchev–Trinajstić information content (AvgIpc) is 2.83. The zero-order valence-corrected chi connectivity index (χ0v) is 19.5. The first-order chi connectivity index (χ1) is 15.9. The van der Waals surface area contributed by atoms with Crippen LogP contribution in [-0.2, 0) is 9.59 Å². The van der Waals surface area contributed by atoms with Crippen molar-refractivity contribution in [1.29, 1.82) is 0 Å². The average molecular weight is 453 g/mol. The normalized spacial score (nSPS) is 14.4. The van der Waals surface area contributed by atoms with Gasteiger partial charge in [0.1, 0.15) is 11.8 Å². The summed E-state index contributed by atoms with van der Waals surface area (Å²) in [6.07, 6.45) is 0.571. The minimum absolute atomic E-state index is 0.0289. The molecule has 0 aliphatic carbocycles. The van der Waals surface area contributed by atoms with E-state index in [9.17, 15) is 14.4 Å². The lowest BCUT2D eigenvalue weighted by atomic mass is 10.1. The second kappa shape index (κ2) is 11.4. The van der Waals surface area contributed by atoms with E-state index in [0.29, 0.717) is 56.2 Å². The molecule has 2 aromatic carbocycles. The maximum Gasteiger partial charge on any atom is 0.255 e. The van der Waals surface area contributed by atoms with Crippen LogP contribution >= 0.6 is 0 Å². The van der Waals surface area contributed by atoms with Gasteiger partial charge in [-0.25, -0.2) is 0 Å². The van der Waals surface area contributed by atoms with E-state index >= 15 is 0 Å². The maximum atomic E-state index is 12.7. The molecule has 0 bridgehead atoms. The van der Waals surface area contributed by atoms with Crippen LogP contribution in [0.3, 0.4) is 0 Å². The Morgan fingerprint density at radius 2 is 1.70 bits per heavy atom. The molecule has 0 radical (unpaired) electrons. The molecule has 3 amide bonds. The van der Waals surface area contributed by atoms with Crippen molar-refractivity contribution in [1.82, 2.24) is 10.2 Å². The van der Waals surface area contributed by atoms with Gasteiger partial charge in [0.25, 0.3) is 5.91 Å². The number of carbonyl (C=O) groups is 3. The van der Waals surface area contributed by atoms with E-state index in [2.05, 4.69) is 15.5 Å². The Hall–Kier alpha value is -3.55. The minimum atomic E-state index is -0.467. The molecule has 1 fully saturated rings. The number of benzene rings is 2. The van der Waals surface area contributed by atoms with Gasteiger partial charge >= 0.3 is 0 Å². The predicted molar refractivity (Wildman–Crippen MR) is 129 cm³/mol. The molecule has 8 nitrogen and oxygen atoms in total. The van der Waals surface area contributed by atoms with Gasteiger partial charge in [0.2, 0.25) is 11.8 Å². The van der Waals surface area contributed by atoms with E-state index in [1.54, 1.807) is 18.2 Å². The van der Waals surface area contributed by atoms with E-state index in [4.69, 9.17) is 4.74 Å². The molecule has 1 aliphatic rings. The zero-order valence-electron chi connectivity index (χ0n) is 19.5. The summed E-state index contributed by atoms with van der Waals surface area (Å²) in [4.78, 5) is 40.6. The van der Waals surface area contributed by atoms with E-state index in [1.807, 2.05) is 49.1 Å². The number of carbonyl (C=O) groups excluding carboxylic acids is 3. The summed E-state index contributed by atoms with van der Waals surface area (Å²) in [7, 11) is 0. The number of hydrogen-bond acceptors (Lipinski definition) is 5. The van der Waals surface area contributed by atoms with Crippen LogP contribution in [0.15, 0.2) is 48.5 Å². The van der Waals surface area contributed by atoms with E-state index in [0.717, 1.165) is 5.69 Å². The molecule has 1 aliphatic heterocycles. The van der Waals surface area contributed by atoms with Crippen molar-refractivity contribution in [3.05, 3.63) is 54.1 Å². The van der Waals surface area contributed by atoms with Crippen LogP contribution in [0.1, 0.15) is 37.6 Å². The summed E-state index contributed by atoms with van der Waals surface area (Å²) < 4.78 is 5.46. The van der Waals surface area contributed by atoms with Crippen LogP contribution < -0.4 is 20.3 Å². The highest BCUT2D eigenvalue weighted by atomic mass is 16.5. The lowest BCUT2D eigenvalue weighted by Gasteiger charge is -2.37. The monoisotopic (exact) mass is 452 g/mol. The third kappa shape index (κ3) is 6.47. The van der Waals surface area contributed by atoms with Crippen molar-refractivity contribution in [2.45, 2.75) is 33.2 Å². The second-order valence-electron chi connectivity index (χ2n) is 7.94. The Morgan fingerprint density at radius 1 is 1.00 bits per heavy atom. The van der Waals surface area contributed by atoms with Crippen molar-refractivity contribution in [3.8, 4) is 5.75 Å². The van der Waals surface area contributed by atoms with Crippen LogP contribution in [-0.4, -0.2) is 61.4 Å². The fraction of sp³-hybridized carbons (Fsp3) is 0.400. The first-order valence-electron chi connectivity index (χ1n) is 11.4. The van der Waals surface area contributed by atoms with Crippen molar-refractivity contribution in [2.24, 2.45) is 0 Å². The molecule has 1 unspecified atom stereocenters. The Labute approximate surface area is 194 Å². The highest BCUT2D eigenvalue weighted by Gasteiger charge is 2.27. The highest BCUT2D eigenvalue weighted by Crippen LogP contribution is 2.21. The molecule has 0 saturated carbocycles. The lowest BCUT2D eigenvalue weighted by molar-refractivity contribution is -0.136. The number of nitrogens with one attached hydrogen (secondary N) is 2. The minimum Gasteiger partial charge on any atom is -0.494 e. The molecule has 1 saturated heterocycles. The molecule has 2 N–H and O–H groups in total. The molecule has 1 atom stereocenters. The molecule has 8 heteroatoms. The van der Waals surface area contributed by atoms with Crippen molar-refractivity contribution in [3.63, 3.8) is 0 Å². The Balaban J connectivity index is 1.54. The summed E-state index contributed by atoms with van der Waals surface area (Å²) in [6.45, 7) is 8.38. The molecule has 33 heavy (non-hydrogen) atoms. The van der Waals surface area contributed by atoms with E-state index in [-0.39, 0.29) is 17.7 Å². The molecule has 3 rings (SSSR count). The summed E-state index contributed by atoms with van der Waals surface area (Å²) in [5, 5.41) is 5.64. The summed E-state index contributed by atoms with van der Waals surface area (Å²) in [5.74, 6) is 0.253. The Morgan fingerprint density at radius 3 is 2.30 bits per heavy atom. The Bertz CT molecular complexity index is 969. The molecule has 0 aromatic heterocycles. The van der Waals surface area contributed by atoms with Gasteiger partial charge in [-0.1, -0.05) is 13.0 Å². The largest absolute Gasteiger partial charge is 0.494 e. The highest BCUT2D eigenvalue weighted by molar-refractivity contribution is 6.04. The van der Waals surface area contributed by atoms with Crippen molar-refractivity contribution >= 4 is 29.1 Å². The molecule has 2 aromatic rings. The van der Waals surface area contributed by atoms with Crippen LogP contribution in [0.5, 0.6) is 5.75 Å². The molecule has 0 spiro atoms. The van der Waals surface area contributed by atoms with Gasteiger partial charge in [0.05, 0.1) is 6.61 Å². The molecular weight excluding hydrogens is 420 g/mol. The number of piperazine rings is 1. The Kier molecular flexibility index (Phi) is 8.29. The fourth-order valence-corrected chi connectivity index (χ4v) is 3.84. The van der Waals surface area contributed by atoms with E-state index < -0.39 is 6.04 Å². The van der Waals surface area contributed by atoms with Gasteiger partial charge < -0.3 is 25.2 Å². The number of ether oxygens (including phenoxy) is 1. The first-order valence-corrected chi connectivity index (χ1v) is 11.4. The molecular formula is C25H32N4O4. The van der Waals surface area contributed by atoms with E-state index in [1.165, 1.54) is 6.92 Å². The zero-order chi connectivity index (χ0) is 23.8. The quantitative estimate of drug-likeness (QED) is 0.643. The number of hydrogen-bond donors (Lipinski definition) is 2. The van der Waals surface area contributed by atoms with Crippen LogP contribution in [0.2, 0.25) is 0 Å². The standard InChI is InChI=1S/C25H32N4O4/c1-4-23(26-18(3)30)25(32)29-15-13-28(14-16-29)21-11-9-20(10-12-21)27-24(31)19-7-6-8-22(17-19)33-5-2/h6-12,17,23H,4-5,13-16H2,1-3H3,(H,26,30)(H,27,31). The smallest absolute Gasteiger partial charge is 0.255 e. The topological polar surface area (TPSA) is 91.0 Å². The van der Waals surface area contributed by atoms with Gasteiger partial charge in [-0.3, -0.25) is 14.4 Å². The van der Waals surface area contributed by atoms with Gasteiger partial charge in [-0.2, -0.15) is 0 Å². The van der Waals surface area contributed by atoms with Gasteiger partial charge in [0, 0.05) is 50.0 Å². The first kappa shape index (κ1) is 24.1. The van der Waals surface area contributed by atoms with Gasteiger partial charge in [-0.15, -0.1) is 0 Å². The number of amides is 3. The van der Waals surface area contributed by atoms with Crippen LogP contribution in [0.25, 0.3) is 0 Å². The van der Waals surface area contributed by atoms with Crippen molar-refractivity contribution in [2.75, 3.05) is 43.0 Å². The number of nitrogens with zero attached hydrogens (tertiary/aromatic N) is 2. The third-order valence-electron chi connectivity index (χ3n) is 5.57.